The molecule has 1 aliphatic carbocycles. The van der Waals surface area contributed by atoms with E-state index in [9.17, 15) is 9.46 Å². The topological polar surface area (TPSA) is 37.3 Å². The molecule has 3 heteroatoms. The van der Waals surface area contributed by atoms with Crippen molar-refractivity contribution >= 4 is 7.37 Å². The van der Waals surface area contributed by atoms with Crippen molar-refractivity contribution in [3.05, 3.63) is 0 Å². The first-order valence-electron chi connectivity index (χ1n) is 4.90. The van der Waals surface area contributed by atoms with E-state index in [1.54, 1.807) is 0 Å². The van der Waals surface area contributed by atoms with Crippen molar-refractivity contribution in [2.24, 2.45) is 0 Å². The zero-order chi connectivity index (χ0) is 9.24. The Hall–Kier alpha value is 0.190. The van der Waals surface area contributed by atoms with Gasteiger partial charge in [0.2, 0.25) is 7.37 Å². The minimum absolute atomic E-state index is 0.207. The molecule has 1 saturated carbocycles. The van der Waals surface area contributed by atoms with Crippen molar-refractivity contribution in [3.63, 3.8) is 0 Å². The van der Waals surface area contributed by atoms with Crippen LogP contribution in [0.1, 0.15) is 46.0 Å². The summed E-state index contributed by atoms with van der Waals surface area (Å²) in [5.74, 6) is 0. The van der Waals surface area contributed by atoms with Crippen LogP contribution in [-0.2, 0) is 4.57 Å². The first-order valence-corrected chi connectivity index (χ1v) is 6.74. The molecule has 2 nitrogen and oxygen atoms in total. The third-order valence-electron chi connectivity index (χ3n) is 3.36. The standard InChI is InChI=1S/C9H19O2P/c1-3-9(7-5-6-8-9)12(10,11)4-2/h3-8H2,1-2H3,(H,10,11). The van der Waals surface area contributed by atoms with Gasteiger partial charge < -0.3 is 4.89 Å². The zero-order valence-electron chi connectivity index (χ0n) is 8.05. The summed E-state index contributed by atoms with van der Waals surface area (Å²) in [5.41, 5.74) is 0. The Morgan fingerprint density at radius 2 is 1.83 bits per heavy atom. The highest BCUT2D eigenvalue weighted by Crippen LogP contribution is 2.62. The molecule has 0 aliphatic heterocycles. The van der Waals surface area contributed by atoms with Crippen LogP contribution in [0.3, 0.4) is 0 Å². The van der Waals surface area contributed by atoms with Crippen molar-refractivity contribution in [1.29, 1.82) is 0 Å². The molecule has 0 bridgehead atoms. The molecule has 0 amide bonds. The third-order valence-corrected chi connectivity index (χ3v) is 6.47. The van der Waals surface area contributed by atoms with Crippen LogP contribution >= 0.6 is 7.37 Å². The first-order chi connectivity index (χ1) is 5.58. The molecule has 0 saturated heterocycles. The molecule has 1 N–H and O–H groups in total. The van der Waals surface area contributed by atoms with Crippen LogP contribution in [0.5, 0.6) is 0 Å². The van der Waals surface area contributed by atoms with Gasteiger partial charge in [-0.2, -0.15) is 0 Å². The van der Waals surface area contributed by atoms with Crippen LogP contribution < -0.4 is 0 Å². The van der Waals surface area contributed by atoms with Gasteiger partial charge in [0.25, 0.3) is 0 Å². The normalized spacial score (nSPS) is 26.9. The summed E-state index contributed by atoms with van der Waals surface area (Å²) in [4.78, 5) is 9.83. The largest absolute Gasteiger partial charge is 0.344 e. The van der Waals surface area contributed by atoms with E-state index in [1.807, 2.05) is 13.8 Å². The molecule has 0 aromatic carbocycles. The molecule has 1 aliphatic rings. The molecule has 0 heterocycles. The molecule has 0 radical (unpaired) electrons. The molecule has 72 valence electrons. The third kappa shape index (κ3) is 1.47. The first kappa shape index (κ1) is 10.3. The van der Waals surface area contributed by atoms with Crippen molar-refractivity contribution in [3.8, 4) is 0 Å². The fraction of sp³-hybridized carbons (Fsp3) is 1.00. The van der Waals surface area contributed by atoms with Crippen LogP contribution in [0.2, 0.25) is 0 Å². The van der Waals surface area contributed by atoms with E-state index in [0.29, 0.717) is 6.16 Å². The molecule has 12 heavy (non-hydrogen) atoms. The lowest BCUT2D eigenvalue weighted by molar-refractivity contribution is 0.411. The monoisotopic (exact) mass is 190 g/mol. The van der Waals surface area contributed by atoms with Gasteiger partial charge in [-0.3, -0.25) is 4.57 Å². The lowest BCUT2D eigenvalue weighted by Crippen LogP contribution is -2.24. The van der Waals surface area contributed by atoms with E-state index in [-0.39, 0.29) is 5.16 Å². The number of hydrogen-bond acceptors (Lipinski definition) is 1. The molecular weight excluding hydrogens is 171 g/mol. The van der Waals surface area contributed by atoms with Gasteiger partial charge in [-0.1, -0.05) is 26.7 Å². The van der Waals surface area contributed by atoms with Crippen LogP contribution in [0.15, 0.2) is 0 Å². The van der Waals surface area contributed by atoms with Gasteiger partial charge >= 0.3 is 0 Å². The smallest absolute Gasteiger partial charge is 0.206 e. The minimum Gasteiger partial charge on any atom is -0.344 e. The Bertz CT molecular complexity index is 195. The Labute approximate surface area is 74.8 Å². The number of rotatable bonds is 3. The van der Waals surface area contributed by atoms with E-state index in [0.717, 1.165) is 32.1 Å². The summed E-state index contributed by atoms with van der Waals surface area (Å²) >= 11 is 0. The van der Waals surface area contributed by atoms with E-state index in [2.05, 4.69) is 0 Å². The minimum atomic E-state index is -2.85. The summed E-state index contributed by atoms with van der Waals surface area (Å²) in [6.45, 7) is 3.88. The van der Waals surface area contributed by atoms with E-state index >= 15 is 0 Å². The second-order valence-electron chi connectivity index (χ2n) is 3.80. The van der Waals surface area contributed by atoms with E-state index in [4.69, 9.17) is 0 Å². The lowest BCUT2D eigenvalue weighted by atomic mass is 10.0. The summed E-state index contributed by atoms with van der Waals surface area (Å²) in [5, 5.41) is -0.207. The predicted molar refractivity (Wildman–Crippen MR) is 51.9 cm³/mol. The Kier molecular flexibility index (Phi) is 3.01. The fourth-order valence-electron chi connectivity index (χ4n) is 2.32. The molecule has 0 spiro atoms. The van der Waals surface area contributed by atoms with Gasteiger partial charge in [-0.15, -0.1) is 0 Å². The predicted octanol–water partition coefficient (Wildman–Crippen LogP) is 3.00. The lowest BCUT2D eigenvalue weighted by Gasteiger charge is -2.32. The quantitative estimate of drug-likeness (QED) is 0.694. The second-order valence-corrected chi connectivity index (χ2v) is 6.79. The maximum absolute atomic E-state index is 11.9. The van der Waals surface area contributed by atoms with Crippen molar-refractivity contribution < 1.29 is 9.46 Å². The molecule has 1 fully saturated rings. The summed E-state index contributed by atoms with van der Waals surface area (Å²) in [7, 11) is -2.85. The number of hydrogen-bond donors (Lipinski definition) is 1. The Morgan fingerprint density at radius 3 is 2.17 bits per heavy atom. The average Bonchev–Trinajstić information content (AvgIpc) is 2.53. The molecule has 0 aromatic rings. The van der Waals surface area contributed by atoms with E-state index < -0.39 is 7.37 Å². The summed E-state index contributed by atoms with van der Waals surface area (Å²) < 4.78 is 11.9. The summed E-state index contributed by atoms with van der Waals surface area (Å²) in [6, 6.07) is 0. The Morgan fingerprint density at radius 1 is 1.33 bits per heavy atom. The van der Waals surface area contributed by atoms with Crippen LogP contribution in [-0.4, -0.2) is 16.2 Å². The molecule has 1 atom stereocenters. The van der Waals surface area contributed by atoms with Crippen LogP contribution in [0.4, 0.5) is 0 Å². The molecule has 1 rings (SSSR count). The molecule has 1 unspecified atom stereocenters. The SMILES string of the molecule is CCC1(P(=O)(O)CC)CCCC1. The Balaban J connectivity index is 2.86. The van der Waals surface area contributed by atoms with Crippen LogP contribution in [0, 0.1) is 0 Å². The van der Waals surface area contributed by atoms with Crippen LogP contribution in [0.25, 0.3) is 0 Å². The fourth-order valence-corrected chi connectivity index (χ4v) is 4.50. The average molecular weight is 190 g/mol. The van der Waals surface area contributed by atoms with Gasteiger partial charge in [0, 0.05) is 11.3 Å². The van der Waals surface area contributed by atoms with Gasteiger partial charge in [-0.25, -0.2) is 0 Å². The maximum Gasteiger partial charge on any atom is 0.206 e. The summed E-state index contributed by atoms with van der Waals surface area (Å²) in [6.07, 6.45) is 5.52. The van der Waals surface area contributed by atoms with Crippen molar-refractivity contribution in [1.82, 2.24) is 0 Å². The maximum atomic E-state index is 11.9. The van der Waals surface area contributed by atoms with Gasteiger partial charge in [-0.05, 0) is 19.3 Å². The molecule has 0 aromatic heterocycles. The van der Waals surface area contributed by atoms with Gasteiger partial charge in [0.05, 0.1) is 0 Å². The van der Waals surface area contributed by atoms with Crippen molar-refractivity contribution in [2.75, 3.05) is 6.16 Å². The van der Waals surface area contributed by atoms with Gasteiger partial charge in [0.15, 0.2) is 0 Å². The van der Waals surface area contributed by atoms with Crippen molar-refractivity contribution in [2.45, 2.75) is 51.1 Å². The highest BCUT2D eigenvalue weighted by atomic mass is 31.2. The zero-order valence-corrected chi connectivity index (χ0v) is 8.94. The molecular formula is C9H19O2P. The highest BCUT2D eigenvalue weighted by molar-refractivity contribution is 7.59. The van der Waals surface area contributed by atoms with E-state index in [1.165, 1.54) is 0 Å². The second kappa shape index (κ2) is 3.51. The highest BCUT2D eigenvalue weighted by Gasteiger charge is 2.46. The van der Waals surface area contributed by atoms with Gasteiger partial charge in [0.1, 0.15) is 0 Å².